The van der Waals surface area contributed by atoms with E-state index < -0.39 is 55.1 Å². The predicted octanol–water partition coefficient (Wildman–Crippen LogP) is -0.388. The van der Waals surface area contributed by atoms with Crippen molar-refractivity contribution in [2.24, 2.45) is 5.92 Å². The number of aromatic nitrogens is 1. The number of carbonyl (C=O) groups is 1. The molecule has 0 spiro atoms. The van der Waals surface area contributed by atoms with Gasteiger partial charge in [0.05, 0.1) is 35.7 Å². The highest BCUT2D eigenvalue weighted by Gasteiger charge is 2.57. The Bertz CT molecular complexity index is 1280. The lowest BCUT2D eigenvalue weighted by atomic mass is 9.73. The summed E-state index contributed by atoms with van der Waals surface area (Å²) in [5.74, 6) is -1.07. The number of ether oxygens (including phenoxy) is 3. The van der Waals surface area contributed by atoms with Gasteiger partial charge < -0.3 is 44.6 Å². The molecule has 37 heavy (non-hydrogen) atoms. The highest BCUT2D eigenvalue weighted by molar-refractivity contribution is 5.96. The molecule has 4 aliphatic rings. The lowest BCUT2D eigenvalue weighted by Crippen LogP contribution is -2.63. The molecule has 4 aliphatic heterocycles. The lowest BCUT2D eigenvalue weighted by molar-refractivity contribution is -0.354. The third-order valence-electron chi connectivity index (χ3n) is 7.90. The first-order chi connectivity index (χ1) is 17.8. The number of piperidine rings is 1. The van der Waals surface area contributed by atoms with Crippen LogP contribution in [0.5, 0.6) is 0 Å². The Morgan fingerprint density at radius 2 is 2.00 bits per heavy atom. The van der Waals surface area contributed by atoms with Crippen LogP contribution in [0.4, 0.5) is 0 Å². The van der Waals surface area contributed by atoms with Crippen LogP contribution in [0, 0.1) is 5.92 Å². The summed E-state index contributed by atoms with van der Waals surface area (Å²) in [6, 6.07) is 9.36. The van der Waals surface area contributed by atoms with Gasteiger partial charge in [-0.15, -0.1) is 0 Å². The number of hydrogen-bond acceptors (Lipinski definition) is 10. The number of hydrogen-bond donors (Lipinski definition) is 5. The second kappa shape index (κ2) is 8.84. The maximum atomic E-state index is 13.5. The molecule has 5 N–H and O–H groups in total. The molecule has 1 amide bonds. The largest absolute Gasteiger partial charge is 0.468 e. The zero-order valence-corrected chi connectivity index (χ0v) is 19.8. The van der Waals surface area contributed by atoms with Gasteiger partial charge in [-0.2, -0.15) is 0 Å². The highest BCUT2D eigenvalue weighted by Crippen LogP contribution is 2.50. The molecule has 0 unspecified atom stereocenters. The van der Waals surface area contributed by atoms with Crippen molar-refractivity contribution in [2.75, 3.05) is 6.61 Å². The molecule has 2 fully saturated rings. The smallest absolute Gasteiger partial charge is 0.254 e. The van der Waals surface area contributed by atoms with Crippen molar-refractivity contribution in [3.8, 4) is 0 Å². The van der Waals surface area contributed by atoms with Crippen LogP contribution in [0.15, 0.2) is 54.8 Å². The second-order valence-corrected chi connectivity index (χ2v) is 9.93. The van der Waals surface area contributed by atoms with E-state index in [0.29, 0.717) is 13.0 Å². The molecule has 0 bridgehead atoms. The maximum absolute atomic E-state index is 13.5. The molecule has 1 aromatic heterocycles. The van der Waals surface area contributed by atoms with Crippen molar-refractivity contribution in [3.05, 3.63) is 66.1 Å². The van der Waals surface area contributed by atoms with E-state index in [2.05, 4.69) is 6.58 Å². The predicted molar refractivity (Wildman–Crippen MR) is 126 cm³/mol. The lowest BCUT2D eigenvalue weighted by Gasteiger charge is -2.49. The number of benzene rings is 1. The van der Waals surface area contributed by atoms with Gasteiger partial charge >= 0.3 is 0 Å². The number of rotatable bonds is 4. The molecule has 9 atom stereocenters. The summed E-state index contributed by atoms with van der Waals surface area (Å²) in [5.41, 5.74) is 0.866. The van der Waals surface area contributed by atoms with Crippen LogP contribution >= 0.6 is 0 Å². The molecule has 0 aliphatic carbocycles. The summed E-state index contributed by atoms with van der Waals surface area (Å²) in [4.78, 5) is 20.1. The Morgan fingerprint density at radius 1 is 1.22 bits per heavy atom. The summed E-state index contributed by atoms with van der Waals surface area (Å²) >= 11 is 0. The average molecular weight is 513 g/mol. The van der Waals surface area contributed by atoms with Gasteiger partial charge in [-0.3, -0.25) is 9.78 Å². The number of pyridine rings is 1. The molecule has 1 aromatic carbocycles. The number of aliphatic hydroxyl groups is 5. The van der Waals surface area contributed by atoms with E-state index in [9.17, 15) is 30.3 Å². The monoisotopic (exact) mass is 512 g/mol. The van der Waals surface area contributed by atoms with Gasteiger partial charge in [0, 0.05) is 17.8 Å². The first-order valence-electron chi connectivity index (χ1n) is 12.1. The van der Waals surface area contributed by atoms with Gasteiger partial charge in [0.25, 0.3) is 5.91 Å². The van der Waals surface area contributed by atoms with Crippen LogP contribution in [-0.2, 0) is 25.5 Å². The average Bonchev–Trinajstić information content (AvgIpc) is 3.27. The van der Waals surface area contributed by atoms with Gasteiger partial charge in [0.1, 0.15) is 24.4 Å². The Kier molecular flexibility index (Phi) is 5.84. The number of carbonyl (C=O) groups excluding carboxylic acids is 1. The minimum atomic E-state index is -1.91. The van der Waals surface area contributed by atoms with Gasteiger partial charge in [0.2, 0.25) is 6.29 Å². The van der Waals surface area contributed by atoms with Crippen LogP contribution in [0.2, 0.25) is 0 Å². The third kappa shape index (κ3) is 3.62. The molecule has 11 heteroatoms. The summed E-state index contributed by atoms with van der Waals surface area (Å²) < 4.78 is 16.8. The fourth-order valence-electron chi connectivity index (χ4n) is 5.81. The number of nitrogens with zero attached hydrogens (tertiary/aromatic N) is 2. The van der Waals surface area contributed by atoms with Crippen molar-refractivity contribution in [3.63, 3.8) is 0 Å². The topological polar surface area (TPSA) is 162 Å². The van der Waals surface area contributed by atoms with Crippen LogP contribution in [-0.4, -0.2) is 90.5 Å². The fraction of sp³-hybridized carbons (Fsp3) is 0.462. The summed E-state index contributed by atoms with van der Waals surface area (Å²) in [7, 11) is 0. The van der Waals surface area contributed by atoms with Gasteiger partial charge in [-0.05, 0) is 24.1 Å². The van der Waals surface area contributed by atoms with E-state index in [-0.39, 0.29) is 17.5 Å². The Balaban J connectivity index is 1.31. The van der Waals surface area contributed by atoms with Crippen LogP contribution in [0.25, 0.3) is 10.9 Å². The van der Waals surface area contributed by atoms with Crippen molar-refractivity contribution in [1.29, 1.82) is 0 Å². The van der Waals surface area contributed by atoms with E-state index in [1.807, 2.05) is 30.3 Å². The first kappa shape index (κ1) is 24.4. The number of aliphatic hydroxyl groups excluding tert-OH is 4. The van der Waals surface area contributed by atoms with Crippen molar-refractivity contribution in [1.82, 2.24) is 9.88 Å². The van der Waals surface area contributed by atoms with Crippen LogP contribution in [0.1, 0.15) is 23.7 Å². The fourth-order valence-corrected chi connectivity index (χ4v) is 5.81. The molecule has 11 nitrogen and oxygen atoms in total. The molecule has 5 heterocycles. The van der Waals surface area contributed by atoms with Crippen molar-refractivity contribution < 1.29 is 44.5 Å². The molecule has 0 radical (unpaired) electrons. The van der Waals surface area contributed by atoms with Gasteiger partial charge in [0.15, 0.2) is 11.9 Å². The number of amides is 1. The quantitative estimate of drug-likeness (QED) is 0.341. The van der Waals surface area contributed by atoms with Gasteiger partial charge in [-0.1, -0.05) is 30.9 Å². The third-order valence-corrected chi connectivity index (χ3v) is 7.90. The first-order valence-corrected chi connectivity index (χ1v) is 12.1. The zero-order valence-electron chi connectivity index (χ0n) is 19.8. The molecule has 196 valence electrons. The van der Waals surface area contributed by atoms with E-state index in [1.54, 1.807) is 4.90 Å². The Morgan fingerprint density at radius 3 is 2.76 bits per heavy atom. The van der Waals surface area contributed by atoms with Gasteiger partial charge in [-0.25, -0.2) is 0 Å². The van der Waals surface area contributed by atoms with Crippen molar-refractivity contribution >= 4 is 16.8 Å². The van der Waals surface area contributed by atoms with E-state index in [0.717, 1.165) is 22.2 Å². The molecular weight excluding hydrogens is 484 g/mol. The highest BCUT2D eigenvalue weighted by atomic mass is 16.8. The standard InChI is InChI=1S/C26H28N2O9/c1-2-26(34)15-8-17-19-13(7-12-5-3-4-6-16(12)27-19)9-28(17)23(33)14(15)11-35-25(26)37-24-22(32)21(31)20(30)18(10-29)36-24/h2-7,11,15,17-18,20-22,24-25,29-32,34H,1,8-10H2/t15-,17+,18-,20-,21+,22-,24+,25-,26+/m1/s1. The van der Waals surface area contributed by atoms with Crippen LogP contribution < -0.4 is 0 Å². The Hall–Kier alpha value is -2.90. The summed E-state index contributed by atoms with van der Waals surface area (Å²) in [6.45, 7) is 3.50. The minimum Gasteiger partial charge on any atom is -0.468 e. The normalized spacial score (nSPS) is 38.9. The molecule has 0 saturated carbocycles. The zero-order chi connectivity index (χ0) is 26.1. The molecule has 6 rings (SSSR count). The SMILES string of the molecule is C=C[C@@]1(O)[C@@H](O[C@@H]2O[C@H](CO)[C@@H](O)[C@H](O)[C@H]2O)OC=C2C(=O)N3Cc4cc5ccccc5nc4[C@@H]3C[C@H]21. The van der Waals surface area contributed by atoms with E-state index >= 15 is 0 Å². The second-order valence-electron chi connectivity index (χ2n) is 9.93. The molecule has 2 saturated heterocycles. The molecule has 2 aromatic rings. The Labute approximate surface area is 211 Å². The number of para-hydroxylation sites is 1. The van der Waals surface area contributed by atoms with Crippen molar-refractivity contribution in [2.45, 2.75) is 61.6 Å². The number of fused-ring (bicyclic) bond motifs is 5. The summed E-state index contributed by atoms with van der Waals surface area (Å²) in [5, 5.41) is 52.8. The van der Waals surface area contributed by atoms with E-state index in [4.69, 9.17) is 19.2 Å². The molecular formula is C26H28N2O9. The maximum Gasteiger partial charge on any atom is 0.254 e. The van der Waals surface area contributed by atoms with Crippen LogP contribution in [0.3, 0.4) is 0 Å². The summed E-state index contributed by atoms with van der Waals surface area (Å²) in [6.07, 6.45) is -6.35. The van der Waals surface area contributed by atoms with E-state index in [1.165, 1.54) is 12.3 Å². The minimum absolute atomic E-state index is 0.254.